The molecule has 2 fully saturated rings. The molecular formula is C34H40N6O2S. The fraction of sp³-hybridized carbons (Fsp3) is 0.471. The first-order chi connectivity index (χ1) is 20.8. The molecular weight excluding hydrogens is 556 g/mol. The smallest absolute Gasteiger partial charge is 0.196 e. The van der Waals surface area contributed by atoms with Crippen molar-refractivity contribution in [1.82, 2.24) is 24.4 Å². The Labute approximate surface area is 256 Å². The van der Waals surface area contributed by atoms with E-state index in [1.54, 1.807) is 11.3 Å². The highest BCUT2D eigenvalue weighted by atomic mass is 32.1. The Morgan fingerprint density at radius 1 is 0.953 bits per heavy atom. The standard InChI is InChI=1S/C34H40N6O2S/c1-34(2,3)30-21-25(37-42-30)20-27(41)19-23-7-9-24(10-8-23)28-22-40-29-11-12-31(36-32(29)43-33(40)35-28)39-17-13-26(14-18-39)38-15-5-4-6-16-38/h7-12,21-22,26H,4-6,13-20H2,1-3H3. The molecule has 4 aromatic heterocycles. The molecule has 2 aliphatic rings. The van der Waals surface area contributed by atoms with Gasteiger partial charge in [-0.15, -0.1) is 0 Å². The SMILES string of the molecule is CC(C)(C)c1cc(CC(=O)Cc2ccc(-c3cn4c(n3)sc3nc(N5CCC(N6CCCCC6)CC5)ccc34)cc2)no1. The molecule has 0 bridgehead atoms. The van der Waals surface area contributed by atoms with Crippen LogP contribution in [0.5, 0.6) is 0 Å². The number of imidazole rings is 1. The number of hydrogen-bond acceptors (Lipinski definition) is 8. The Balaban J connectivity index is 0.994. The van der Waals surface area contributed by atoms with Crippen molar-refractivity contribution < 1.29 is 9.32 Å². The number of Topliss-reactive ketones (excluding diaryl/α,β-unsaturated/α-hetero) is 1. The summed E-state index contributed by atoms with van der Waals surface area (Å²) in [5.41, 5.74) is 4.60. The van der Waals surface area contributed by atoms with E-state index in [0.717, 1.165) is 62.8 Å². The predicted molar refractivity (Wildman–Crippen MR) is 172 cm³/mol. The van der Waals surface area contributed by atoms with Crippen molar-refractivity contribution in [2.24, 2.45) is 0 Å². The predicted octanol–water partition coefficient (Wildman–Crippen LogP) is 6.71. The first-order valence-corrected chi connectivity index (χ1v) is 16.5. The lowest BCUT2D eigenvalue weighted by atomic mass is 9.93. The fourth-order valence-corrected chi connectivity index (χ4v) is 7.45. The molecule has 0 amide bonds. The van der Waals surface area contributed by atoms with Crippen LogP contribution >= 0.6 is 11.3 Å². The van der Waals surface area contributed by atoms with Crippen molar-refractivity contribution in [2.75, 3.05) is 31.1 Å². The van der Waals surface area contributed by atoms with Gasteiger partial charge in [-0.05, 0) is 56.5 Å². The maximum absolute atomic E-state index is 12.7. The third kappa shape index (κ3) is 5.97. The van der Waals surface area contributed by atoms with E-state index >= 15 is 0 Å². The fourth-order valence-electron chi connectivity index (χ4n) is 6.47. The molecule has 0 unspecified atom stereocenters. The number of rotatable bonds is 7. The lowest BCUT2D eigenvalue weighted by Gasteiger charge is -2.40. The number of anilines is 1. The van der Waals surface area contributed by atoms with E-state index in [0.29, 0.717) is 12.1 Å². The van der Waals surface area contributed by atoms with Crippen LogP contribution in [0.2, 0.25) is 0 Å². The Kier molecular flexibility index (Phi) is 7.55. The zero-order valence-corrected chi connectivity index (χ0v) is 26.2. The molecule has 2 aliphatic heterocycles. The van der Waals surface area contributed by atoms with E-state index in [1.807, 2.05) is 18.2 Å². The van der Waals surface area contributed by atoms with Crippen LogP contribution in [-0.4, -0.2) is 62.4 Å². The molecule has 43 heavy (non-hydrogen) atoms. The summed E-state index contributed by atoms with van der Waals surface area (Å²) < 4.78 is 7.58. The summed E-state index contributed by atoms with van der Waals surface area (Å²) in [6, 6.07) is 15.1. The quantitative estimate of drug-likeness (QED) is 0.207. The third-order valence-electron chi connectivity index (χ3n) is 8.97. The average molecular weight is 597 g/mol. The molecule has 0 radical (unpaired) electrons. The summed E-state index contributed by atoms with van der Waals surface area (Å²) >= 11 is 1.64. The summed E-state index contributed by atoms with van der Waals surface area (Å²) in [7, 11) is 0. The third-order valence-corrected chi connectivity index (χ3v) is 9.93. The number of fused-ring (bicyclic) bond motifs is 3. The molecule has 7 rings (SSSR count). The molecule has 8 nitrogen and oxygen atoms in total. The highest BCUT2D eigenvalue weighted by molar-refractivity contribution is 7.23. The van der Waals surface area contributed by atoms with E-state index in [-0.39, 0.29) is 17.6 Å². The van der Waals surface area contributed by atoms with E-state index < -0.39 is 0 Å². The van der Waals surface area contributed by atoms with Crippen LogP contribution in [0.25, 0.3) is 26.6 Å². The van der Waals surface area contributed by atoms with Crippen molar-refractivity contribution in [2.45, 2.75) is 77.2 Å². The number of carbonyl (C=O) groups excluding carboxylic acids is 1. The summed E-state index contributed by atoms with van der Waals surface area (Å²) in [6.07, 6.45) is 9.30. The normalized spacial score (nSPS) is 17.3. The Hall–Kier alpha value is -3.56. The topological polar surface area (TPSA) is 79.8 Å². The lowest BCUT2D eigenvalue weighted by Crippen LogP contribution is -2.46. The van der Waals surface area contributed by atoms with Gasteiger partial charge in [0.2, 0.25) is 0 Å². The number of piperidine rings is 2. The Morgan fingerprint density at radius 3 is 2.44 bits per heavy atom. The second-order valence-electron chi connectivity index (χ2n) is 13.2. The molecule has 0 N–H and O–H groups in total. The number of benzene rings is 1. The van der Waals surface area contributed by atoms with Gasteiger partial charge < -0.3 is 14.3 Å². The van der Waals surface area contributed by atoms with Crippen molar-refractivity contribution in [3.63, 3.8) is 0 Å². The maximum Gasteiger partial charge on any atom is 0.196 e. The number of likely N-dealkylation sites (tertiary alicyclic amines) is 1. The van der Waals surface area contributed by atoms with Crippen molar-refractivity contribution in [1.29, 1.82) is 0 Å². The van der Waals surface area contributed by atoms with E-state index in [9.17, 15) is 4.79 Å². The van der Waals surface area contributed by atoms with Crippen molar-refractivity contribution in [3.8, 4) is 11.3 Å². The molecule has 1 aromatic carbocycles. The van der Waals surface area contributed by atoms with Gasteiger partial charge >= 0.3 is 0 Å². The molecule has 0 aliphatic carbocycles. The van der Waals surface area contributed by atoms with E-state index in [2.05, 4.69) is 70.6 Å². The summed E-state index contributed by atoms with van der Waals surface area (Å²) in [5.74, 6) is 2.00. The number of aromatic nitrogens is 4. The zero-order chi connectivity index (χ0) is 29.6. The highest BCUT2D eigenvalue weighted by Crippen LogP contribution is 2.31. The van der Waals surface area contributed by atoms with E-state index in [1.165, 1.54) is 45.2 Å². The second kappa shape index (κ2) is 11.5. The molecule has 0 spiro atoms. The van der Waals surface area contributed by atoms with E-state index in [4.69, 9.17) is 14.5 Å². The molecule has 2 saturated heterocycles. The molecule has 224 valence electrons. The van der Waals surface area contributed by atoms with Gasteiger partial charge in [0.15, 0.2) is 4.96 Å². The van der Waals surface area contributed by atoms with Crippen LogP contribution in [-0.2, 0) is 23.1 Å². The zero-order valence-electron chi connectivity index (χ0n) is 25.4. The van der Waals surface area contributed by atoms with Crippen molar-refractivity contribution >= 4 is 38.2 Å². The number of pyridine rings is 1. The summed E-state index contributed by atoms with van der Waals surface area (Å²) in [6.45, 7) is 10.9. The first-order valence-electron chi connectivity index (χ1n) is 15.6. The Morgan fingerprint density at radius 2 is 1.72 bits per heavy atom. The lowest BCUT2D eigenvalue weighted by molar-refractivity contribution is -0.117. The van der Waals surface area contributed by atoms with Gasteiger partial charge in [0.25, 0.3) is 0 Å². The minimum absolute atomic E-state index is 0.119. The van der Waals surface area contributed by atoms with Gasteiger partial charge in [0.05, 0.1) is 23.3 Å². The maximum atomic E-state index is 12.7. The van der Waals surface area contributed by atoms with Crippen LogP contribution in [0.1, 0.15) is 69.9 Å². The van der Waals surface area contributed by atoms with Crippen LogP contribution in [0.4, 0.5) is 5.82 Å². The monoisotopic (exact) mass is 596 g/mol. The second-order valence-corrected chi connectivity index (χ2v) is 14.2. The van der Waals surface area contributed by atoms with Gasteiger partial charge in [0.1, 0.15) is 22.2 Å². The number of hydrogen-bond donors (Lipinski definition) is 0. The Bertz CT molecular complexity index is 1730. The van der Waals surface area contributed by atoms with Gasteiger partial charge in [-0.2, -0.15) is 0 Å². The molecule has 9 heteroatoms. The highest BCUT2D eigenvalue weighted by Gasteiger charge is 2.26. The molecule has 5 aromatic rings. The van der Waals surface area contributed by atoms with Gasteiger partial charge in [-0.25, -0.2) is 9.97 Å². The largest absolute Gasteiger partial charge is 0.361 e. The molecule has 6 heterocycles. The first kappa shape index (κ1) is 28.2. The molecule has 0 atom stereocenters. The van der Waals surface area contributed by atoms with Gasteiger partial charge in [-0.1, -0.05) is 68.0 Å². The van der Waals surface area contributed by atoms with Gasteiger partial charge in [-0.3, -0.25) is 9.20 Å². The van der Waals surface area contributed by atoms with Crippen LogP contribution < -0.4 is 4.90 Å². The van der Waals surface area contributed by atoms with Crippen molar-refractivity contribution in [3.05, 3.63) is 65.7 Å². The van der Waals surface area contributed by atoms with Gasteiger partial charge in [0, 0.05) is 48.8 Å². The number of thiazole rings is 1. The number of nitrogens with zero attached hydrogens (tertiary/aromatic N) is 6. The van der Waals surface area contributed by atoms with Crippen LogP contribution in [0, 0.1) is 0 Å². The average Bonchev–Trinajstić information content (AvgIpc) is 3.73. The summed E-state index contributed by atoms with van der Waals surface area (Å²) in [4.78, 5) is 29.8. The van der Waals surface area contributed by atoms with Crippen LogP contribution in [0.15, 0.2) is 53.2 Å². The minimum Gasteiger partial charge on any atom is -0.361 e. The summed E-state index contributed by atoms with van der Waals surface area (Å²) in [5, 5.41) is 4.09. The number of ketones is 1. The number of carbonyl (C=O) groups is 1. The molecule has 0 saturated carbocycles. The minimum atomic E-state index is -0.124. The van der Waals surface area contributed by atoms with Crippen LogP contribution in [0.3, 0.4) is 0 Å².